The molecule has 1 rings (SSSR count). The molecule has 0 aliphatic carbocycles. The van der Waals surface area contributed by atoms with Gasteiger partial charge in [0.2, 0.25) is 0 Å². The van der Waals surface area contributed by atoms with Gasteiger partial charge in [-0.1, -0.05) is 6.92 Å². The maximum Gasteiger partial charge on any atom is 0.00177 e. The van der Waals surface area contributed by atoms with Gasteiger partial charge in [-0.3, -0.25) is 0 Å². The van der Waals surface area contributed by atoms with Gasteiger partial charge in [-0.2, -0.15) is 0 Å². The fourth-order valence-corrected chi connectivity index (χ4v) is 1.04. The third-order valence-electron chi connectivity index (χ3n) is 1.95. The zero-order valence-corrected chi connectivity index (χ0v) is 5.41. The minimum absolute atomic E-state index is 0.403. The van der Waals surface area contributed by atoms with Gasteiger partial charge in [-0.05, 0) is 24.9 Å². The van der Waals surface area contributed by atoms with Gasteiger partial charge in [0.15, 0.2) is 0 Å². The highest BCUT2D eigenvalue weighted by atomic mass is 14.9. The predicted molar refractivity (Wildman–Crippen MR) is 34.6 cm³/mol. The van der Waals surface area contributed by atoms with Crippen LogP contribution in [0.3, 0.4) is 0 Å². The second-order valence-electron chi connectivity index (χ2n) is 2.94. The number of hydrogen-bond acceptors (Lipinski definition) is 2. The fraction of sp³-hybridized carbons (Fsp3) is 1.00. The molecule has 0 aromatic heterocycles. The van der Waals surface area contributed by atoms with Gasteiger partial charge in [-0.15, -0.1) is 0 Å². The summed E-state index contributed by atoms with van der Waals surface area (Å²) in [7, 11) is 0. The molecule has 3 N–H and O–H groups in total. The summed E-state index contributed by atoms with van der Waals surface area (Å²) >= 11 is 0. The Balaban J connectivity index is 2.40. The molecular formula is C6H14N2. The van der Waals surface area contributed by atoms with Gasteiger partial charge in [0.25, 0.3) is 0 Å². The van der Waals surface area contributed by atoms with Crippen molar-refractivity contribution in [1.82, 2.24) is 5.32 Å². The molecule has 1 atom stereocenters. The third kappa shape index (κ3) is 1.01. The van der Waals surface area contributed by atoms with Crippen LogP contribution >= 0.6 is 0 Å². The second kappa shape index (κ2) is 2.03. The molecule has 1 heterocycles. The Morgan fingerprint density at radius 1 is 1.75 bits per heavy atom. The topological polar surface area (TPSA) is 38.0 Å². The van der Waals surface area contributed by atoms with E-state index in [1.807, 2.05) is 0 Å². The van der Waals surface area contributed by atoms with E-state index < -0.39 is 0 Å². The molecule has 1 aliphatic rings. The van der Waals surface area contributed by atoms with Crippen molar-refractivity contribution in [2.24, 2.45) is 11.1 Å². The monoisotopic (exact) mass is 114 g/mol. The molecule has 2 nitrogen and oxygen atoms in total. The summed E-state index contributed by atoms with van der Waals surface area (Å²) in [6, 6.07) is 0. The number of rotatable bonds is 1. The molecule has 0 amide bonds. The van der Waals surface area contributed by atoms with Crippen LogP contribution in [0.2, 0.25) is 0 Å². The van der Waals surface area contributed by atoms with E-state index >= 15 is 0 Å². The highest BCUT2D eigenvalue weighted by molar-refractivity contribution is 4.83. The highest BCUT2D eigenvalue weighted by Gasteiger charge is 2.25. The van der Waals surface area contributed by atoms with Crippen LogP contribution in [0.15, 0.2) is 0 Å². The average molecular weight is 114 g/mol. The summed E-state index contributed by atoms with van der Waals surface area (Å²) in [5.74, 6) is 0. The zero-order valence-electron chi connectivity index (χ0n) is 5.41. The normalized spacial score (nSPS) is 38.2. The van der Waals surface area contributed by atoms with E-state index in [9.17, 15) is 0 Å². The lowest BCUT2D eigenvalue weighted by Gasteiger charge is -2.18. The molecule has 1 aliphatic heterocycles. The summed E-state index contributed by atoms with van der Waals surface area (Å²) < 4.78 is 0. The summed E-state index contributed by atoms with van der Waals surface area (Å²) in [4.78, 5) is 0. The van der Waals surface area contributed by atoms with Crippen LogP contribution in [-0.2, 0) is 0 Å². The van der Waals surface area contributed by atoms with Gasteiger partial charge >= 0.3 is 0 Å². The Labute approximate surface area is 50.4 Å². The standard InChI is InChI=1S/C6H14N2/c1-6(4-7)2-3-8-5-6/h8H,2-5,7H2,1H3/t6-/m0/s1. The lowest BCUT2D eigenvalue weighted by atomic mass is 9.90. The maximum absolute atomic E-state index is 5.53. The maximum atomic E-state index is 5.53. The van der Waals surface area contributed by atoms with Crippen LogP contribution in [0, 0.1) is 5.41 Å². The summed E-state index contributed by atoms with van der Waals surface area (Å²) in [5, 5.41) is 3.28. The molecule has 1 fully saturated rings. The first kappa shape index (κ1) is 6.05. The third-order valence-corrected chi connectivity index (χ3v) is 1.95. The first-order valence-corrected chi connectivity index (χ1v) is 3.18. The number of hydrogen-bond donors (Lipinski definition) is 2. The smallest absolute Gasteiger partial charge is 0.00177 e. The van der Waals surface area contributed by atoms with Gasteiger partial charge in [-0.25, -0.2) is 0 Å². The summed E-state index contributed by atoms with van der Waals surface area (Å²) in [6.45, 7) is 5.30. The molecule has 0 bridgehead atoms. The van der Waals surface area contributed by atoms with Crippen molar-refractivity contribution in [3.63, 3.8) is 0 Å². The molecule has 8 heavy (non-hydrogen) atoms. The highest BCUT2D eigenvalue weighted by Crippen LogP contribution is 2.21. The Kier molecular flexibility index (Phi) is 1.54. The van der Waals surface area contributed by atoms with E-state index in [-0.39, 0.29) is 0 Å². The van der Waals surface area contributed by atoms with Crippen LogP contribution in [0.5, 0.6) is 0 Å². The molecule has 1 saturated heterocycles. The SMILES string of the molecule is C[C@@]1(CN)CCNC1. The Bertz CT molecular complexity index is 74.6. The van der Waals surface area contributed by atoms with Gasteiger partial charge < -0.3 is 11.1 Å². The van der Waals surface area contributed by atoms with Crippen molar-refractivity contribution in [3.8, 4) is 0 Å². The van der Waals surface area contributed by atoms with Crippen molar-refractivity contribution in [1.29, 1.82) is 0 Å². The van der Waals surface area contributed by atoms with Crippen molar-refractivity contribution in [3.05, 3.63) is 0 Å². The van der Waals surface area contributed by atoms with Crippen molar-refractivity contribution >= 4 is 0 Å². The number of nitrogens with one attached hydrogen (secondary N) is 1. The molecule has 0 saturated carbocycles. The van der Waals surface area contributed by atoms with Crippen molar-refractivity contribution < 1.29 is 0 Å². The molecule has 0 spiro atoms. The van der Waals surface area contributed by atoms with Crippen LogP contribution in [0.1, 0.15) is 13.3 Å². The van der Waals surface area contributed by atoms with Gasteiger partial charge in [0.1, 0.15) is 0 Å². The van der Waals surface area contributed by atoms with E-state index in [0.717, 1.165) is 19.6 Å². The minimum atomic E-state index is 0.403. The quantitative estimate of drug-likeness (QED) is 0.501. The van der Waals surface area contributed by atoms with Crippen LogP contribution in [-0.4, -0.2) is 19.6 Å². The van der Waals surface area contributed by atoms with Crippen LogP contribution in [0.4, 0.5) is 0 Å². The molecule has 2 heteroatoms. The van der Waals surface area contributed by atoms with Crippen LogP contribution in [0.25, 0.3) is 0 Å². The largest absolute Gasteiger partial charge is 0.330 e. The van der Waals surface area contributed by atoms with Crippen molar-refractivity contribution in [2.45, 2.75) is 13.3 Å². The van der Waals surface area contributed by atoms with E-state index in [1.54, 1.807) is 0 Å². The summed E-state index contributed by atoms with van der Waals surface area (Å²) in [5.41, 5.74) is 5.93. The molecule has 0 radical (unpaired) electrons. The first-order chi connectivity index (χ1) is 3.77. The zero-order chi connectivity index (χ0) is 6.04. The first-order valence-electron chi connectivity index (χ1n) is 3.18. The average Bonchev–Trinajstić information content (AvgIpc) is 2.17. The predicted octanol–water partition coefficient (Wildman–Crippen LogP) is -0.0553. The van der Waals surface area contributed by atoms with E-state index in [4.69, 9.17) is 5.73 Å². The van der Waals surface area contributed by atoms with Gasteiger partial charge in [0, 0.05) is 6.54 Å². The van der Waals surface area contributed by atoms with Crippen LogP contribution < -0.4 is 11.1 Å². The van der Waals surface area contributed by atoms with Gasteiger partial charge in [0.05, 0.1) is 0 Å². The van der Waals surface area contributed by atoms with E-state index in [2.05, 4.69) is 12.2 Å². The fourth-order valence-electron chi connectivity index (χ4n) is 1.04. The molecule has 48 valence electrons. The second-order valence-corrected chi connectivity index (χ2v) is 2.94. The van der Waals surface area contributed by atoms with Crippen molar-refractivity contribution in [2.75, 3.05) is 19.6 Å². The minimum Gasteiger partial charge on any atom is -0.330 e. The lowest BCUT2D eigenvalue weighted by molar-refractivity contribution is 0.379. The molecule has 0 aromatic carbocycles. The number of nitrogens with two attached hydrogens (primary N) is 1. The Hall–Kier alpha value is -0.0800. The molecule has 0 aromatic rings. The van der Waals surface area contributed by atoms with E-state index in [0.29, 0.717) is 5.41 Å². The Morgan fingerprint density at radius 3 is 2.75 bits per heavy atom. The molecule has 0 unspecified atom stereocenters. The Morgan fingerprint density at radius 2 is 2.50 bits per heavy atom. The lowest BCUT2D eigenvalue weighted by Crippen LogP contribution is -2.29. The molecular weight excluding hydrogens is 100 g/mol. The van der Waals surface area contributed by atoms with E-state index in [1.165, 1.54) is 6.42 Å². The summed E-state index contributed by atoms with van der Waals surface area (Å²) in [6.07, 6.45) is 1.24.